The molecule has 17 heavy (non-hydrogen) atoms. The molecule has 1 N–H and O–H groups in total. The van der Waals surface area contributed by atoms with Crippen molar-refractivity contribution in [2.45, 2.75) is 19.8 Å². The molecule has 3 rings (SSSR count). The number of para-hydroxylation sites is 1. The van der Waals surface area contributed by atoms with Crippen molar-refractivity contribution < 1.29 is 0 Å². The van der Waals surface area contributed by atoms with Gasteiger partial charge in [0.2, 0.25) is 4.77 Å². The molecule has 0 saturated carbocycles. The maximum atomic E-state index is 5.26. The summed E-state index contributed by atoms with van der Waals surface area (Å²) in [6.07, 6.45) is 1.98. The molecule has 0 saturated heterocycles. The number of fused-ring (bicyclic) bond motifs is 3. The monoisotopic (exact) mass is 244 g/mol. The van der Waals surface area contributed by atoms with Gasteiger partial charge in [0.15, 0.2) is 5.65 Å². The summed E-state index contributed by atoms with van der Waals surface area (Å²) in [5.74, 6) is 0.955. The van der Waals surface area contributed by atoms with E-state index in [1.807, 2.05) is 24.3 Å². The highest BCUT2D eigenvalue weighted by Crippen LogP contribution is 2.16. The molecule has 0 aliphatic rings. The quantitative estimate of drug-likeness (QED) is 0.705. The Hall–Kier alpha value is -1.75. The van der Waals surface area contributed by atoms with E-state index < -0.39 is 0 Å². The van der Waals surface area contributed by atoms with E-state index in [1.165, 1.54) is 0 Å². The van der Waals surface area contributed by atoms with E-state index in [9.17, 15) is 0 Å². The number of H-pyrrole nitrogens is 1. The lowest BCUT2D eigenvalue weighted by molar-refractivity contribution is 0.808. The van der Waals surface area contributed by atoms with Crippen molar-refractivity contribution in [3.05, 3.63) is 34.9 Å². The zero-order chi connectivity index (χ0) is 11.8. The van der Waals surface area contributed by atoms with Crippen LogP contribution in [0, 0.1) is 4.77 Å². The minimum Gasteiger partial charge on any atom is -0.277 e. The number of aromatic nitrogens is 4. The molecule has 3 aromatic rings. The number of rotatable bonds is 2. The molecule has 0 fully saturated rings. The number of hydrogen-bond donors (Lipinski definition) is 1. The fourth-order valence-corrected chi connectivity index (χ4v) is 2.20. The Morgan fingerprint density at radius 3 is 2.94 bits per heavy atom. The zero-order valence-corrected chi connectivity index (χ0v) is 10.3. The average molecular weight is 244 g/mol. The molecule has 0 aliphatic carbocycles. The van der Waals surface area contributed by atoms with Gasteiger partial charge in [-0.1, -0.05) is 19.1 Å². The Morgan fingerprint density at radius 1 is 1.29 bits per heavy atom. The highest BCUT2D eigenvalue weighted by molar-refractivity contribution is 7.71. The van der Waals surface area contributed by atoms with Crippen molar-refractivity contribution in [1.82, 2.24) is 19.6 Å². The van der Waals surface area contributed by atoms with Gasteiger partial charge in [-0.25, -0.2) is 14.5 Å². The van der Waals surface area contributed by atoms with Gasteiger partial charge in [0.1, 0.15) is 5.82 Å². The van der Waals surface area contributed by atoms with Gasteiger partial charge in [-0.2, -0.15) is 0 Å². The number of benzene rings is 1. The van der Waals surface area contributed by atoms with Gasteiger partial charge in [0, 0.05) is 11.8 Å². The Morgan fingerprint density at radius 2 is 2.12 bits per heavy atom. The average Bonchev–Trinajstić information content (AvgIpc) is 2.74. The maximum absolute atomic E-state index is 5.26. The van der Waals surface area contributed by atoms with Gasteiger partial charge in [-0.05, 0) is 30.8 Å². The Bertz CT molecular complexity index is 741. The van der Waals surface area contributed by atoms with Crippen LogP contribution in [0.1, 0.15) is 19.2 Å². The molecule has 0 unspecified atom stereocenters. The van der Waals surface area contributed by atoms with Crippen molar-refractivity contribution in [2.75, 3.05) is 0 Å². The summed E-state index contributed by atoms with van der Waals surface area (Å²) in [5, 5.41) is 4.22. The number of aryl methyl sites for hydroxylation is 1. The first-order valence-corrected chi connectivity index (χ1v) is 6.07. The molecule has 2 heterocycles. The minimum absolute atomic E-state index is 0.522. The molecule has 1 aromatic carbocycles. The summed E-state index contributed by atoms with van der Waals surface area (Å²) in [6, 6.07) is 7.92. The Labute approximate surface area is 103 Å². The standard InChI is InChI=1S/C12H12N4S/c1-2-5-10-14-11-8-6-3-4-7-9(8)13-12(17)16(11)15-10/h3-4,6-7H,2,5H2,1H3,(H,14,15). The molecule has 0 radical (unpaired) electrons. The first-order valence-electron chi connectivity index (χ1n) is 5.66. The van der Waals surface area contributed by atoms with E-state index in [1.54, 1.807) is 4.52 Å². The van der Waals surface area contributed by atoms with Crippen LogP contribution >= 0.6 is 12.2 Å². The van der Waals surface area contributed by atoms with Crippen LogP contribution in [0.4, 0.5) is 0 Å². The van der Waals surface area contributed by atoms with E-state index >= 15 is 0 Å². The van der Waals surface area contributed by atoms with Gasteiger partial charge in [-0.15, -0.1) is 0 Å². The maximum Gasteiger partial charge on any atom is 0.221 e. The molecule has 86 valence electrons. The number of nitrogens with one attached hydrogen (secondary N) is 1. The van der Waals surface area contributed by atoms with E-state index in [0.717, 1.165) is 35.2 Å². The largest absolute Gasteiger partial charge is 0.277 e. The normalized spacial score (nSPS) is 11.4. The van der Waals surface area contributed by atoms with Gasteiger partial charge in [0.05, 0.1) is 5.52 Å². The molecular weight excluding hydrogens is 232 g/mol. The van der Waals surface area contributed by atoms with E-state index in [0.29, 0.717) is 4.77 Å². The van der Waals surface area contributed by atoms with Crippen LogP contribution in [-0.2, 0) is 6.42 Å². The number of nitrogens with zero attached hydrogens (tertiary/aromatic N) is 3. The molecule has 0 atom stereocenters. The van der Waals surface area contributed by atoms with Gasteiger partial charge in [-0.3, -0.25) is 5.10 Å². The predicted octanol–water partition coefficient (Wildman–Crippen LogP) is 2.89. The second-order valence-electron chi connectivity index (χ2n) is 3.99. The Balaban J connectivity index is 2.43. The smallest absolute Gasteiger partial charge is 0.221 e. The summed E-state index contributed by atoms with van der Waals surface area (Å²) in [6.45, 7) is 2.13. The fourth-order valence-electron chi connectivity index (χ4n) is 1.97. The fraction of sp³-hybridized carbons (Fsp3) is 0.250. The van der Waals surface area contributed by atoms with Crippen molar-refractivity contribution in [3.63, 3.8) is 0 Å². The van der Waals surface area contributed by atoms with Crippen molar-refractivity contribution in [3.8, 4) is 0 Å². The second-order valence-corrected chi connectivity index (χ2v) is 4.36. The highest BCUT2D eigenvalue weighted by Gasteiger charge is 2.07. The third-order valence-electron chi connectivity index (χ3n) is 2.73. The Kier molecular flexibility index (Phi) is 2.40. The molecule has 0 amide bonds. The third kappa shape index (κ3) is 1.63. The predicted molar refractivity (Wildman–Crippen MR) is 69.7 cm³/mol. The lowest BCUT2D eigenvalue weighted by atomic mass is 10.2. The van der Waals surface area contributed by atoms with E-state index in [-0.39, 0.29) is 0 Å². The molecule has 0 bridgehead atoms. The van der Waals surface area contributed by atoms with Crippen LogP contribution in [-0.4, -0.2) is 19.6 Å². The summed E-state index contributed by atoms with van der Waals surface area (Å²) < 4.78 is 2.30. The topological polar surface area (TPSA) is 46.0 Å². The molecular formula is C12H12N4S. The van der Waals surface area contributed by atoms with Gasteiger partial charge < -0.3 is 0 Å². The molecule has 0 spiro atoms. The SMILES string of the molecule is CCCc1nc2c3ccccc3nc(=S)n2[nH]1. The molecule has 0 aliphatic heterocycles. The number of aromatic amines is 1. The molecule has 2 aromatic heterocycles. The van der Waals surface area contributed by atoms with Crippen LogP contribution in [0.2, 0.25) is 0 Å². The van der Waals surface area contributed by atoms with Crippen LogP contribution < -0.4 is 0 Å². The lowest BCUT2D eigenvalue weighted by Crippen LogP contribution is -1.94. The summed E-state index contributed by atoms with van der Waals surface area (Å²) in [7, 11) is 0. The lowest BCUT2D eigenvalue weighted by Gasteiger charge is -1.98. The minimum atomic E-state index is 0.522. The van der Waals surface area contributed by atoms with Crippen LogP contribution in [0.5, 0.6) is 0 Å². The first kappa shape index (κ1) is 10.4. The zero-order valence-electron chi connectivity index (χ0n) is 9.47. The van der Waals surface area contributed by atoms with Crippen LogP contribution in [0.15, 0.2) is 24.3 Å². The summed E-state index contributed by atoms with van der Waals surface area (Å²) in [4.78, 5) is 8.98. The molecule has 4 nitrogen and oxygen atoms in total. The summed E-state index contributed by atoms with van der Waals surface area (Å²) >= 11 is 5.26. The van der Waals surface area contributed by atoms with Crippen molar-refractivity contribution in [1.29, 1.82) is 0 Å². The van der Waals surface area contributed by atoms with Crippen LogP contribution in [0.3, 0.4) is 0 Å². The van der Waals surface area contributed by atoms with E-state index in [2.05, 4.69) is 22.0 Å². The van der Waals surface area contributed by atoms with Gasteiger partial charge in [0.25, 0.3) is 0 Å². The molecule has 5 heteroatoms. The third-order valence-corrected chi connectivity index (χ3v) is 3.01. The van der Waals surface area contributed by atoms with Gasteiger partial charge >= 0.3 is 0 Å². The summed E-state index contributed by atoms with van der Waals surface area (Å²) in [5.41, 5.74) is 1.76. The number of hydrogen-bond acceptors (Lipinski definition) is 3. The second kappa shape index (κ2) is 3.92. The van der Waals surface area contributed by atoms with Crippen molar-refractivity contribution >= 4 is 28.8 Å². The van der Waals surface area contributed by atoms with Crippen LogP contribution in [0.25, 0.3) is 16.6 Å². The highest BCUT2D eigenvalue weighted by atomic mass is 32.1. The first-order chi connectivity index (χ1) is 8.29. The van der Waals surface area contributed by atoms with E-state index in [4.69, 9.17) is 12.2 Å². The van der Waals surface area contributed by atoms with Crippen molar-refractivity contribution in [2.24, 2.45) is 0 Å².